The average molecular weight is 319 g/mol. The van der Waals surface area contributed by atoms with Gasteiger partial charge in [-0.3, -0.25) is 0 Å². The molecule has 0 aromatic heterocycles. The number of benzene rings is 1. The molecule has 1 fully saturated rings. The maximum absolute atomic E-state index is 10.2. The molecule has 2 unspecified atom stereocenters. The monoisotopic (exact) mass is 319 g/mol. The van der Waals surface area contributed by atoms with Crippen molar-refractivity contribution in [3.05, 3.63) is 47.5 Å². The predicted molar refractivity (Wildman–Crippen MR) is 87.6 cm³/mol. The van der Waals surface area contributed by atoms with Gasteiger partial charge < -0.3 is 21.1 Å². The highest BCUT2D eigenvalue weighted by atomic mass is 16.4. The van der Waals surface area contributed by atoms with E-state index in [2.05, 4.69) is 13.0 Å². The van der Waals surface area contributed by atoms with Gasteiger partial charge in [0, 0.05) is 12.5 Å². The van der Waals surface area contributed by atoms with E-state index in [1.807, 2.05) is 0 Å². The van der Waals surface area contributed by atoms with Gasteiger partial charge in [0.2, 0.25) is 0 Å². The fraction of sp³-hybridized carbons (Fsp3) is 0.500. The van der Waals surface area contributed by atoms with Crippen LogP contribution in [-0.4, -0.2) is 33.4 Å². The summed E-state index contributed by atoms with van der Waals surface area (Å²) in [4.78, 5) is 10.2. The number of carboxylic acids is 1. The minimum Gasteiger partial charge on any atom is -0.479 e. The van der Waals surface area contributed by atoms with E-state index in [9.17, 15) is 9.90 Å². The summed E-state index contributed by atoms with van der Waals surface area (Å²) in [7, 11) is 0. The first-order valence-corrected chi connectivity index (χ1v) is 7.99. The third-order valence-electron chi connectivity index (χ3n) is 4.84. The SMILES string of the molecule is CCC1=C[C@@H]2[C@H](C1)CC2(O)CN.O=C(O)C(O)c1ccccc1. The molecule has 4 atom stereocenters. The molecule has 0 bridgehead atoms. The Hall–Kier alpha value is -1.69. The second-order valence-electron chi connectivity index (χ2n) is 6.33. The van der Waals surface area contributed by atoms with Crippen LogP contribution in [0.1, 0.15) is 37.9 Å². The molecule has 0 radical (unpaired) electrons. The Balaban J connectivity index is 0.000000168. The van der Waals surface area contributed by atoms with E-state index in [-0.39, 0.29) is 0 Å². The van der Waals surface area contributed by atoms with Crippen molar-refractivity contribution in [1.29, 1.82) is 0 Å². The lowest BCUT2D eigenvalue weighted by molar-refractivity contribution is -0.146. The van der Waals surface area contributed by atoms with Crippen molar-refractivity contribution in [3.8, 4) is 0 Å². The Bertz CT molecular complexity index is 572. The minimum atomic E-state index is -1.41. The molecular weight excluding hydrogens is 294 g/mol. The molecule has 0 saturated heterocycles. The van der Waals surface area contributed by atoms with Crippen molar-refractivity contribution in [1.82, 2.24) is 0 Å². The van der Waals surface area contributed by atoms with Crippen LogP contribution in [0.25, 0.3) is 0 Å². The summed E-state index contributed by atoms with van der Waals surface area (Å²) in [5, 5.41) is 27.3. The van der Waals surface area contributed by atoms with Crippen molar-refractivity contribution in [2.24, 2.45) is 17.6 Å². The Morgan fingerprint density at radius 2 is 2.04 bits per heavy atom. The first-order valence-electron chi connectivity index (χ1n) is 7.99. The van der Waals surface area contributed by atoms with Crippen molar-refractivity contribution in [2.45, 2.75) is 37.9 Å². The van der Waals surface area contributed by atoms with Gasteiger partial charge in [-0.15, -0.1) is 0 Å². The summed E-state index contributed by atoms with van der Waals surface area (Å²) >= 11 is 0. The maximum Gasteiger partial charge on any atom is 0.337 e. The van der Waals surface area contributed by atoms with Gasteiger partial charge in [0.15, 0.2) is 6.10 Å². The molecule has 0 aliphatic heterocycles. The highest BCUT2D eigenvalue weighted by Gasteiger charge is 2.52. The predicted octanol–water partition coefficient (Wildman–Crippen LogP) is 1.86. The van der Waals surface area contributed by atoms with Gasteiger partial charge in [0.05, 0.1) is 5.60 Å². The Morgan fingerprint density at radius 3 is 2.57 bits per heavy atom. The number of nitrogens with two attached hydrogens (primary N) is 1. The smallest absolute Gasteiger partial charge is 0.337 e. The second kappa shape index (κ2) is 7.25. The van der Waals surface area contributed by atoms with Crippen LogP contribution < -0.4 is 5.73 Å². The topological polar surface area (TPSA) is 104 Å². The summed E-state index contributed by atoms with van der Waals surface area (Å²) in [5.74, 6) is -0.151. The lowest BCUT2D eigenvalue weighted by Gasteiger charge is -2.47. The molecule has 0 heterocycles. The number of hydrogen-bond donors (Lipinski definition) is 4. The van der Waals surface area contributed by atoms with Crippen LogP contribution in [0.15, 0.2) is 42.0 Å². The van der Waals surface area contributed by atoms with Gasteiger partial charge in [-0.1, -0.05) is 48.9 Å². The fourth-order valence-electron chi connectivity index (χ4n) is 3.40. The van der Waals surface area contributed by atoms with E-state index in [1.165, 1.54) is 12.0 Å². The number of aliphatic hydroxyl groups is 2. The molecule has 2 aliphatic rings. The summed E-state index contributed by atoms with van der Waals surface area (Å²) in [6.07, 6.45) is 4.09. The van der Waals surface area contributed by atoms with Crippen LogP contribution in [0.4, 0.5) is 0 Å². The summed E-state index contributed by atoms with van der Waals surface area (Å²) in [6.45, 7) is 2.60. The third kappa shape index (κ3) is 3.80. The van der Waals surface area contributed by atoms with E-state index < -0.39 is 17.7 Å². The Morgan fingerprint density at radius 1 is 1.39 bits per heavy atom. The number of allylic oxidation sites excluding steroid dienone is 1. The van der Waals surface area contributed by atoms with Crippen LogP contribution in [0.3, 0.4) is 0 Å². The number of hydrogen-bond acceptors (Lipinski definition) is 4. The van der Waals surface area contributed by atoms with E-state index in [1.54, 1.807) is 30.3 Å². The van der Waals surface area contributed by atoms with Gasteiger partial charge >= 0.3 is 5.97 Å². The van der Waals surface area contributed by atoms with Gasteiger partial charge in [0.25, 0.3) is 0 Å². The number of aliphatic carboxylic acids is 1. The Kier molecular flexibility index (Phi) is 5.57. The first kappa shape index (κ1) is 17.7. The quantitative estimate of drug-likeness (QED) is 0.634. The van der Waals surface area contributed by atoms with Crippen LogP contribution in [0, 0.1) is 11.8 Å². The van der Waals surface area contributed by atoms with Gasteiger partial charge in [-0.2, -0.15) is 0 Å². The molecule has 0 amide bonds. The second-order valence-corrected chi connectivity index (χ2v) is 6.33. The molecule has 5 N–H and O–H groups in total. The van der Waals surface area contributed by atoms with Crippen molar-refractivity contribution in [2.75, 3.05) is 6.54 Å². The molecule has 1 aromatic rings. The summed E-state index contributed by atoms with van der Waals surface area (Å²) in [5.41, 5.74) is 6.89. The molecular formula is C18H25NO4. The average Bonchev–Trinajstić information content (AvgIpc) is 2.93. The van der Waals surface area contributed by atoms with E-state index in [4.69, 9.17) is 15.9 Å². The van der Waals surface area contributed by atoms with Crippen molar-refractivity contribution in [3.63, 3.8) is 0 Å². The molecule has 23 heavy (non-hydrogen) atoms. The summed E-state index contributed by atoms with van der Waals surface area (Å²) in [6, 6.07) is 8.26. The highest BCUT2D eigenvalue weighted by molar-refractivity contribution is 5.73. The molecule has 0 spiro atoms. The molecule has 126 valence electrons. The van der Waals surface area contributed by atoms with Crippen molar-refractivity contribution >= 4 is 5.97 Å². The number of aliphatic hydroxyl groups excluding tert-OH is 1. The van der Waals surface area contributed by atoms with E-state index in [0.29, 0.717) is 23.9 Å². The van der Waals surface area contributed by atoms with E-state index in [0.717, 1.165) is 12.8 Å². The van der Waals surface area contributed by atoms with E-state index >= 15 is 0 Å². The third-order valence-corrected chi connectivity index (χ3v) is 4.84. The largest absolute Gasteiger partial charge is 0.479 e. The van der Waals surface area contributed by atoms with Crippen molar-refractivity contribution < 1.29 is 20.1 Å². The zero-order chi connectivity index (χ0) is 17.0. The van der Waals surface area contributed by atoms with Gasteiger partial charge in [0.1, 0.15) is 0 Å². The maximum atomic E-state index is 10.2. The first-order chi connectivity index (χ1) is 10.9. The molecule has 5 heteroatoms. The Labute approximate surface area is 136 Å². The molecule has 2 aliphatic carbocycles. The van der Waals surface area contributed by atoms with Gasteiger partial charge in [-0.25, -0.2) is 4.79 Å². The standard InChI is InChI=1S/C10H17NO.C8H8O3/c1-2-7-3-8-5-10(12,6-11)9(8)4-7;9-7(8(10)11)6-4-2-1-3-5-6/h4,8-9,12H,2-3,5-6,11H2,1H3;1-5,7,9H,(H,10,11)/t8-,9-,10?;/m1./s1. The number of carboxylic acid groups (broad SMARTS) is 1. The number of rotatable bonds is 4. The number of fused-ring (bicyclic) bond motifs is 1. The van der Waals surface area contributed by atoms with Crippen LogP contribution in [0.2, 0.25) is 0 Å². The molecule has 3 rings (SSSR count). The molecule has 5 nitrogen and oxygen atoms in total. The highest BCUT2D eigenvalue weighted by Crippen LogP contribution is 2.52. The zero-order valence-electron chi connectivity index (χ0n) is 13.4. The lowest BCUT2D eigenvalue weighted by Crippen LogP contribution is -2.56. The lowest BCUT2D eigenvalue weighted by atomic mass is 9.63. The normalized spacial score (nSPS) is 29.5. The van der Waals surface area contributed by atoms with Crippen LogP contribution >= 0.6 is 0 Å². The fourth-order valence-corrected chi connectivity index (χ4v) is 3.40. The van der Waals surface area contributed by atoms with Crippen LogP contribution in [-0.2, 0) is 4.79 Å². The number of carbonyl (C=O) groups is 1. The summed E-state index contributed by atoms with van der Waals surface area (Å²) < 4.78 is 0. The molecule has 1 aromatic carbocycles. The molecule has 1 saturated carbocycles. The zero-order valence-corrected chi connectivity index (χ0v) is 13.4. The minimum absolute atomic E-state index is 0.373. The van der Waals surface area contributed by atoms with Crippen LogP contribution in [0.5, 0.6) is 0 Å². The van der Waals surface area contributed by atoms with Gasteiger partial charge in [-0.05, 0) is 30.7 Å².